The molecule has 1 heterocycles. The number of halogens is 3. The Morgan fingerprint density at radius 2 is 1.86 bits per heavy atom. The lowest BCUT2D eigenvalue weighted by molar-refractivity contribution is -0.184. The first-order chi connectivity index (χ1) is 9.88. The molecule has 3 unspecified atom stereocenters. The second kappa shape index (κ2) is 6.96. The van der Waals surface area contributed by atoms with Gasteiger partial charge in [-0.1, -0.05) is 6.42 Å². The van der Waals surface area contributed by atoms with Crippen LogP contribution in [0.3, 0.4) is 0 Å². The molecular formula is C14H23F3N2O2. The van der Waals surface area contributed by atoms with E-state index < -0.39 is 24.2 Å². The third-order valence-corrected chi connectivity index (χ3v) is 4.56. The summed E-state index contributed by atoms with van der Waals surface area (Å²) in [6.07, 6.45) is -1.51. The highest BCUT2D eigenvalue weighted by molar-refractivity contribution is 5.82. The Balaban J connectivity index is 1.84. The van der Waals surface area contributed by atoms with Crippen molar-refractivity contribution in [1.82, 2.24) is 5.32 Å². The summed E-state index contributed by atoms with van der Waals surface area (Å²) in [6.45, 7) is 1.18. The predicted molar refractivity (Wildman–Crippen MR) is 71.5 cm³/mol. The smallest absolute Gasteiger partial charge is 0.381 e. The zero-order chi connectivity index (χ0) is 15.5. The Morgan fingerprint density at radius 3 is 2.48 bits per heavy atom. The zero-order valence-corrected chi connectivity index (χ0v) is 12.0. The molecule has 122 valence electrons. The predicted octanol–water partition coefficient (Wildman–Crippen LogP) is 1.98. The van der Waals surface area contributed by atoms with Crippen LogP contribution < -0.4 is 11.1 Å². The van der Waals surface area contributed by atoms with Gasteiger partial charge in [0.1, 0.15) is 0 Å². The maximum absolute atomic E-state index is 12.8. The van der Waals surface area contributed by atoms with E-state index in [0.29, 0.717) is 26.1 Å². The van der Waals surface area contributed by atoms with Gasteiger partial charge in [-0.3, -0.25) is 4.79 Å². The molecule has 1 amide bonds. The molecule has 3 N–H and O–H groups in total. The van der Waals surface area contributed by atoms with Crippen molar-refractivity contribution in [3.8, 4) is 0 Å². The molecule has 0 spiro atoms. The SMILES string of the molecule is NC(C(=O)NC1CCCC(C(F)(F)F)C1)C1CCOCC1. The van der Waals surface area contributed by atoms with Crippen LogP contribution in [0.1, 0.15) is 38.5 Å². The molecule has 2 fully saturated rings. The summed E-state index contributed by atoms with van der Waals surface area (Å²) >= 11 is 0. The molecule has 1 saturated heterocycles. The van der Waals surface area contributed by atoms with E-state index in [9.17, 15) is 18.0 Å². The standard InChI is InChI=1S/C14H23F3N2O2/c15-14(16,17)10-2-1-3-11(8-10)19-13(20)12(18)9-4-6-21-7-5-9/h9-12H,1-8,18H2,(H,19,20). The molecule has 0 aromatic rings. The summed E-state index contributed by atoms with van der Waals surface area (Å²) < 4.78 is 43.5. The van der Waals surface area contributed by atoms with Crippen LogP contribution in [-0.4, -0.2) is 37.4 Å². The molecule has 0 bridgehead atoms. The average Bonchev–Trinajstić information content (AvgIpc) is 2.47. The van der Waals surface area contributed by atoms with Crippen molar-refractivity contribution in [1.29, 1.82) is 0 Å². The lowest BCUT2D eigenvalue weighted by Gasteiger charge is -2.33. The molecule has 4 nitrogen and oxygen atoms in total. The van der Waals surface area contributed by atoms with Gasteiger partial charge in [0.25, 0.3) is 0 Å². The monoisotopic (exact) mass is 308 g/mol. The van der Waals surface area contributed by atoms with Crippen LogP contribution in [0.4, 0.5) is 13.2 Å². The van der Waals surface area contributed by atoms with Gasteiger partial charge in [0.2, 0.25) is 5.91 Å². The van der Waals surface area contributed by atoms with Gasteiger partial charge in [-0.2, -0.15) is 13.2 Å². The molecular weight excluding hydrogens is 285 g/mol. The number of nitrogens with one attached hydrogen (secondary N) is 1. The molecule has 2 rings (SSSR count). The maximum Gasteiger partial charge on any atom is 0.391 e. The van der Waals surface area contributed by atoms with Gasteiger partial charge in [0.15, 0.2) is 0 Å². The van der Waals surface area contributed by atoms with Crippen molar-refractivity contribution >= 4 is 5.91 Å². The van der Waals surface area contributed by atoms with Gasteiger partial charge < -0.3 is 15.8 Å². The van der Waals surface area contributed by atoms with Crippen LogP contribution in [-0.2, 0) is 9.53 Å². The van der Waals surface area contributed by atoms with Gasteiger partial charge in [-0.15, -0.1) is 0 Å². The molecule has 1 aliphatic heterocycles. The van der Waals surface area contributed by atoms with Gasteiger partial charge in [-0.25, -0.2) is 0 Å². The second-order valence-electron chi connectivity index (χ2n) is 6.09. The summed E-state index contributed by atoms with van der Waals surface area (Å²) in [4.78, 5) is 12.1. The highest BCUT2D eigenvalue weighted by Crippen LogP contribution is 2.37. The third-order valence-electron chi connectivity index (χ3n) is 4.56. The summed E-state index contributed by atoms with van der Waals surface area (Å²) in [5.74, 6) is -1.58. The number of rotatable bonds is 3. The van der Waals surface area contributed by atoms with Crippen molar-refractivity contribution in [3.63, 3.8) is 0 Å². The van der Waals surface area contributed by atoms with Crippen LogP contribution >= 0.6 is 0 Å². The fourth-order valence-corrected chi connectivity index (χ4v) is 3.20. The van der Waals surface area contributed by atoms with Crippen LogP contribution in [0.15, 0.2) is 0 Å². The fourth-order valence-electron chi connectivity index (χ4n) is 3.20. The lowest BCUT2D eigenvalue weighted by atomic mass is 9.84. The van der Waals surface area contributed by atoms with Gasteiger partial charge in [-0.05, 0) is 38.0 Å². The number of amides is 1. The first kappa shape index (κ1) is 16.5. The molecule has 0 aromatic heterocycles. The van der Waals surface area contributed by atoms with Gasteiger partial charge in [0.05, 0.1) is 12.0 Å². The van der Waals surface area contributed by atoms with E-state index in [1.54, 1.807) is 0 Å². The molecule has 3 atom stereocenters. The Kier molecular flexibility index (Phi) is 5.48. The van der Waals surface area contributed by atoms with E-state index in [1.807, 2.05) is 0 Å². The van der Waals surface area contributed by atoms with E-state index in [4.69, 9.17) is 10.5 Å². The Labute approximate surface area is 122 Å². The van der Waals surface area contributed by atoms with Gasteiger partial charge >= 0.3 is 6.18 Å². The van der Waals surface area contributed by atoms with E-state index in [0.717, 1.165) is 12.8 Å². The third kappa shape index (κ3) is 4.57. The molecule has 0 radical (unpaired) electrons. The van der Waals surface area contributed by atoms with Crippen molar-refractivity contribution in [2.24, 2.45) is 17.6 Å². The van der Waals surface area contributed by atoms with Crippen molar-refractivity contribution in [3.05, 3.63) is 0 Å². The largest absolute Gasteiger partial charge is 0.391 e. The van der Waals surface area contributed by atoms with Crippen molar-refractivity contribution < 1.29 is 22.7 Å². The topological polar surface area (TPSA) is 64.4 Å². The Morgan fingerprint density at radius 1 is 1.19 bits per heavy atom. The molecule has 2 aliphatic rings. The number of nitrogens with two attached hydrogens (primary N) is 1. The van der Waals surface area contributed by atoms with E-state index in [2.05, 4.69) is 5.32 Å². The lowest BCUT2D eigenvalue weighted by Crippen LogP contribution is -2.51. The maximum atomic E-state index is 12.8. The molecule has 21 heavy (non-hydrogen) atoms. The number of alkyl halides is 3. The number of hydrogen-bond donors (Lipinski definition) is 2. The number of ether oxygens (including phenoxy) is 1. The summed E-state index contributed by atoms with van der Waals surface area (Å²) in [7, 11) is 0. The molecule has 1 aliphatic carbocycles. The highest BCUT2D eigenvalue weighted by Gasteiger charge is 2.42. The van der Waals surface area contributed by atoms with E-state index in [1.165, 1.54) is 0 Å². The quantitative estimate of drug-likeness (QED) is 0.838. The Bertz CT molecular complexity index is 357. The zero-order valence-electron chi connectivity index (χ0n) is 12.0. The molecule has 1 saturated carbocycles. The molecule has 0 aromatic carbocycles. The second-order valence-corrected chi connectivity index (χ2v) is 6.09. The minimum absolute atomic E-state index is 0.0320. The van der Waals surface area contributed by atoms with Crippen molar-refractivity contribution in [2.45, 2.75) is 56.8 Å². The summed E-state index contributed by atoms with van der Waals surface area (Å²) in [5.41, 5.74) is 5.94. The normalized spacial score (nSPS) is 29.9. The molecule has 7 heteroatoms. The Hall–Kier alpha value is -0.820. The highest BCUT2D eigenvalue weighted by atomic mass is 19.4. The van der Waals surface area contributed by atoms with Crippen LogP contribution in [0.5, 0.6) is 0 Å². The first-order valence-electron chi connectivity index (χ1n) is 7.58. The fraction of sp³-hybridized carbons (Fsp3) is 0.929. The van der Waals surface area contributed by atoms with Crippen LogP contribution in [0.25, 0.3) is 0 Å². The van der Waals surface area contributed by atoms with Crippen molar-refractivity contribution in [2.75, 3.05) is 13.2 Å². The number of carbonyl (C=O) groups is 1. The number of hydrogen-bond acceptors (Lipinski definition) is 3. The summed E-state index contributed by atoms with van der Waals surface area (Å²) in [5, 5.41) is 2.71. The van der Waals surface area contributed by atoms with Crippen LogP contribution in [0.2, 0.25) is 0 Å². The minimum atomic E-state index is -4.17. The number of carbonyl (C=O) groups excluding carboxylic acids is 1. The van der Waals surface area contributed by atoms with Gasteiger partial charge in [0, 0.05) is 19.3 Å². The van der Waals surface area contributed by atoms with E-state index >= 15 is 0 Å². The average molecular weight is 308 g/mol. The first-order valence-corrected chi connectivity index (χ1v) is 7.58. The summed E-state index contributed by atoms with van der Waals surface area (Å²) in [6, 6.07) is -1.07. The minimum Gasteiger partial charge on any atom is -0.381 e. The van der Waals surface area contributed by atoms with E-state index in [-0.39, 0.29) is 24.7 Å². The van der Waals surface area contributed by atoms with Crippen LogP contribution in [0, 0.1) is 11.8 Å².